The fraction of sp³-hybridized carbons (Fsp3) is 0.417. The summed E-state index contributed by atoms with van der Waals surface area (Å²) in [6.07, 6.45) is -1.27. The molecule has 94 valence electrons. The van der Waals surface area contributed by atoms with Crippen molar-refractivity contribution in [1.29, 1.82) is 0 Å². The molecule has 4 nitrogen and oxygen atoms in total. The van der Waals surface area contributed by atoms with Gasteiger partial charge >= 0.3 is 0 Å². The van der Waals surface area contributed by atoms with E-state index in [4.69, 9.17) is 4.74 Å². The minimum atomic E-state index is -1.02. The maximum absolute atomic E-state index is 10.9. The van der Waals surface area contributed by atoms with Crippen molar-refractivity contribution in [2.75, 3.05) is 11.9 Å². The van der Waals surface area contributed by atoms with Crippen LogP contribution in [0.3, 0.4) is 0 Å². The molecular formula is C12H15BrO4. The molecule has 0 saturated heterocycles. The number of carbonyl (C=O) groups is 1. The molecule has 0 aliphatic rings. The van der Waals surface area contributed by atoms with Gasteiger partial charge in [-0.2, -0.15) is 0 Å². The number of hydrogen-bond acceptors (Lipinski definition) is 4. The van der Waals surface area contributed by atoms with E-state index in [1.54, 1.807) is 12.1 Å². The van der Waals surface area contributed by atoms with Crippen LogP contribution in [0.15, 0.2) is 18.2 Å². The van der Waals surface area contributed by atoms with Crippen LogP contribution in [0.25, 0.3) is 0 Å². The molecule has 0 bridgehead atoms. The molecule has 5 heteroatoms. The van der Waals surface area contributed by atoms with Gasteiger partial charge in [-0.15, -0.1) is 0 Å². The predicted molar refractivity (Wildman–Crippen MR) is 67.8 cm³/mol. The Labute approximate surface area is 108 Å². The minimum absolute atomic E-state index is 0.262. The van der Waals surface area contributed by atoms with Crippen molar-refractivity contribution in [2.45, 2.75) is 19.1 Å². The summed E-state index contributed by atoms with van der Waals surface area (Å²) in [7, 11) is 0. The first-order chi connectivity index (χ1) is 8.13. The number of carbonyl (C=O) groups excluding carboxylic acids is 1. The van der Waals surface area contributed by atoms with Crippen LogP contribution in [0.4, 0.5) is 0 Å². The molecule has 1 aromatic carbocycles. The first kappa shape index (κ1) is 14.2. The number of benzene rings is 1. The number of alkyl halides is 1. The number of aliphatic hydroxyl groups excluding tert-OH is 2. The molecule has 0 fully saturated rings. The van der Waals surface area contributed by atoms with Gasteiger partial charge in [-0.05, 0) is 24.6 Å². The molecule has 0 spiro atoms. The highest BCUT2D eigenvalue weighted by Crippen LogP contribution is 2.24. The van der Waals surface area contributed by atoms with Crippen LogP contribution in [0.5, 0.6) is 5.75 Å². The molecule has 2 unspecified atom stereocenters. The number of rotatable bonds is 6. The van der Waals surface area contributed by atoms with E-state index in [9.17, 15) is 15.0 Å². The standard InChI is InChI=1S/C12H15BrO4/c1-2-17-11-4-3-8(5-9(11)7-14)12(16)10(15)6-13/h3-5,7,10,12,15-16H,2,6H2,1H3. The summed E-state index contributed by atoms with van der Waals surface area (Å²) in [4.78, 5) is 10.9. The van der Waals surface area contributed by atoms with Crippen molar-refractivity contribution in [3.05, 3.63) is 29.3 Å². The SMILES string of the molecule is CCOc1ccc(C(O)C(O)CBr)cc1C=O. The zero-order valence-electron chi connectivity index (χ0n) is 9.47. The fourth-order valence-corrected chi connectivity index (χ4v) is 1.79. The Morgan fingerprint density at radius 1 is 1.47 bits per heavy atom. The van der Waals surface area contributed by atoms with Crippen molar-refractivity contribution in [2.24, 2.45) is 0 Å². The van der Waals surface area contributed by atoms with E-state index in [0.717, 1.165) is 0 Å². The van der Waals surface area contributed by atoms with Gasteiger partial charge in [0.25, 0.3) is 0 Å². The van der Waals surface area contributed by atoms with Crippen molar-refractivity contribution in [3.63, 3.8) is 0 Å². The Hall–Kier alpha value is -0.910. The molecule has 2 N–H and O–H groups in total. The van der Waals surface area contributed by atoms with Gasteiger partial charge in [0, 0.05) is 5.33 Å². The lowest BCUT2D eigenvalue weighted by molar-refractivity contribution is 0.0342. The van der Waals surface area contributed by atoms with Crippen LogP contribution in [-0.4, -0.2) is 34.5 Å². The third kappa shape index (κ3) is 3.52. The summed E-state index contributed by atoms with van der Waals surface area (Å²) in [5.41, 5.74) is 0.854. The Balaban J connectivity index is 3.00. The van der Waals surface area contributed by atoms with Crippen LogP contribution in [0.1, 0.15) is 28.9 Å². The van der Waals surface area contributed by atoms with E-state index in [-0.39, 0.29) is 5.33 Å². The predicted octanol–water partition coefficient (Wildman–Crippen LogP) is 1.69. The summed E-state index contributed by atoms with van der Waals surface area (Å²) in [5, 5.41) is 19.6. The molecule has 0 aliphatic carbocycles. The van der Waals surface area contributed by atoms with E-state index in [1.165, 1.54) is 6.07 Å². The van der Waals surface area contributed by atoms with Gasteiger partial charge in [0.1, 0.15) is 11.9 Å². The molecule has 0 heterocycles. The van der Waals surface area contributed by atoms with Crippen LogP contribution in [-0.2, 0) is 0 Å². The van der Waals surface area contributed by atoms with E-state index in [2.05, 4.69) is 15.9 Å². The number of ether oxygens (including phenoxy) is 1. The van der Waals surface area contributed by atoms with E-state index in [1.807, 2.05) is 6.92 Å². The normalized spacial score (nSPS) is 14.1. The van der Waals surface area contributed by atoms with Crippen molar-refractivity contribution in [1.82, 2.24) is 0 Å². The van der Waals surface area contributed by atoms with Gasteiger partial charge in [0.2, 0.25) is 0 Å². The lowest BCUT2D eigenvalue weighted by Crippen LogP contribution is -2.19. The van der Waals surface area contributed by atoms with E-state index < -0.39 is 12.2 Å². The first-order valence-electron chi connectivity index (χ1n) is 5.28. The summed E-state index contributed by atoms with van der Waals surface area (Å²) in [6, 6.07) is 4.77. The van der Waals surface area contributed by atoms with Gasteiger partial charge in [-0.25, -0.2) is 0 Å². The monoisotopic (exact) mass is 302 g/mol. The summed E-state index contributed by atoms with van der Waals surface area (Å²) in [6.45, 7) is 2.29. The van der Waals surface area contributed by atoms with Gasteiger partial charge in [0.05, 0.1) is 18.3 Å². The third-order valence-electron chi connectivity index (χ3n) is 2.32. The Morgan fingerprint density at radius 2 is 2.18 bits per heavy atom. The zero-order chi connectivity index (χ0) is 12.8. The average molecular weight is 303 g/mol. The lowest BCUT2D eigenvalue weighted by atomic mass is 10.0. The molecule has 17 heavy (non-hydrogen) atoms. The molecule has 0 amide bonds. The highest BCUT2D eigenvalue weighted by Gasteiger charge is 2.18. The summed E-state index contributed by atoms with van der Waals surface area (Å²) >= 11 is 3.08. The Morgan fingerprint density at radius 3 is 2.71 bits per heavy atom. The smallest absolute Gasteiger partial charge is 0.153 e. The maximum Gasteiger partial charge on any atom is 0.153 e. The highest BCUT2D eigenvalue weighted by atomic mass is 79.9. The van der Waals surface area contributed by atoms with Crippen LogP contribution in [0, 0.1) is 0 Å². The second-order valence-corrected chi connectivity index (χ2v) is 4.16. The van der Waals surface area contributed by atoms with Gasteiger partial charge in [-0.3, -0.25) is 4.79 Å². The van der Waals surface area contributed by atoms with Crippen molar-refractivity contribution in [3.8, 4) is 5.75 Å². The quantitative estimate of drug-likeness (QED) is 0.620. The maximum atomic E-state index is 10.9. The van der Waals surface area contributed by atoms with E-state index in [0.29, 0.717) is 29.8 Å². The molecule has 1 aromatic rings. The van der Waals surface area contributed by atoms with Crippen LogP contribution in [0.2, 0.25) is 0 Å². The number of halogens is 1. The van der Waals surface area contributed by atoms with Gasteiger partial charge in [-0.1, -0.05) is 22.0 Å². The fourth-order valence-electron chi connectivity index (χ4n) is 1.44. The first-order valence-corrected chi connectivity index (χ1v) is 6.40. The van der Waals surface area contributed by atoms with E-state index >= 15 is 0 Å². The molecular weight excluding hydrogens is 288 g/mol. The molecule has 1 rings (SSSR count). The molecule has 0 aliphatic heterocycles. The minimum Gasteiger partial charge on any atom is -0.493 e. The number of hydrogen-bond donors (Lipinski definition) is 2. The Kier molecular flexibility index (Phi) is 5.61. The molecule has 0 aromatic heterocycles. The second-order valence-electron chi connectivity index (χ2n) is 3.51. The second kappa shape index (κ2) is 6.74. The Bertz CT molecular complexity index is 381. The van der Waals surface area contributed by atoms with Gasteiger partial charge in [0.15, 0.2) is 6.29 Å². The van der Waals surface area contributed by atoms with Gasteiger partial charge < -0.3 is 14.9 Å². The average Bonchev–Trinajstić information content (AvgIpc) is 2.37. The van der Waals surface area contributed by atoms with Crippen molar-refractivity contribution < 1.29 is 19.7 Å². The van der Waals surface area contributed by atoms with Crippen LogP contribution < -0.4 is 4.74 Å². The molecule has 2 atom stereocenters. The number of aldehydes is 1. The summed E-state index contributed by atoms with van der Waals surface area (Å²) in [5.74, 6) is 0.479. The molecule has 0 radical (unpaired) electrons. The zero-order valence-corrected chi connectivity index (χ0v) is 11.1. The number of aliphatic hydroxyl groups is 2. The highest BCUT2D eigenvalue weighted by molar-refractivity contribution is 9.09. The van der Waals surface area contributed by atoms with Crippen molar-refractivity contribution >= 4 is 22.2 Å². The largest absolute Gasteiger partial charge is 0.493 e. The molecule has 0 saturated carbocycles. The summed E-state index contributed by atoms with van der Waals surface area (Å²) < 4.78 is 5.26. The lowest BCUT2D eigenvalue weighted by Gasteiger charge is -2.17. The van der Waals surface area contributed by atoms with Crippen LogP contribution >= 0.6 is 15.9 Å². The topological polar surface area (TPSA) is 66.8 Å². The third-order valence-corrected chi connectivity index (χ3v) is 2.99.